The van der Waals surface area contributed by atoms with Crippen molar-refractivity contribution < 1.29 is 33.3 Å². The van der Waals surface area contributed by atoms with Crippen LogP contribution in [0.15, 0.2) is 30.4 Å². The molecule has 0 aromatic heterocycles. The Labute approximate surface area is 207 Å². The SMILES string of the molecule is CCOC(=O)C=C[C@H](C[C@@H]1CCCN(Cc2ccc(OC)cc2OC)C1=O)NC(=O)OC(C)(C)C. The van der Waals surface area contributed by atoms with Gasteiger partial charge in [0.05, 0.1) is 26.9 Å². The number of benzene rings is 1. The topological polar surface area (TPSA) is 103 Å². The molecule has 1 aromatic rings. The lowest BCUT2D eigenvalue weighted by atomic mass is 9.90. The van der Waals surface area contributed by atoms with E-state index in [1.54, 1.807) is 59.0 Å². The molecular formula is C26H38N2O7. The van der Waals surface area contributed by atoms with Crippen LogP contribution in [-0.2, 0) is 25.6 Å². The maximum Gasteiger partial charge on any atom is 0.408 e. The van der Waals surface area contributed by atoms with Crippen LogP contribution in [0, 0.1) is 5.92 Å². The Morgan fingerprint density at radius 3 is 2.60 bits per heavy atom. The van der Waals surface area contributed by atoms with Gasteiger partial charge in [-0.1, -0.05) is 6.08 Å². The third kappa shape index (κ3) is 9.15. The summed E-state index contributed by atoms with van der Waals surface area (Å²) >= 11 is 0. The van der Waals surface area contributed by atoms with Gasteiger partial charge >= 0.3 is 12.1 Å². The zero-order chi connectivity index (χ0) is 26.0. The van der Waals surface area contributed by atoms with Crippen molar-refractivity contribution in [1.82, 2.24) is 10.2 Å². The average molecular weight is 491 g/mol. The summed E-state index contributed by atoms with van der Waals surface area (Å²) < 4.78 is 21.0. The molecule has 1 aromatic carbocycles. The monoisotopic (exact) mass is 490 g/mol. The van der Waals surface area contributed by atoms with Gasteiger partial charge in [0.25, 0.3) is 0 Å². The molecule has 1 saturated heterocycles. The fraction of sp³-hybridized carbons (Fsp3) is 0.577. The highest BCUT2D eigenvalue weighted by Gasteiger charge is 2.31. The van der Waals surface area contributed by atoms with E-state index in [9.17, 15) is 14.4 Å². The van der Waals surface area contributed by atoms with Crippen LogP contribution in [0.3, 0.4) is 0 Å². The molecule has 35 heavy (non-hydrogen) atoms. The second kappa shape index (κ2) is 13.0. The Morgan fingerprint density at radius 2 is 1.97 bits per heavy atom. The maximum atomic E-state index is 13.3. The minimum absolute atomic E-state index is 0.00496. The minimum atomic E-state index is -0.672. The van der Waals surface area contributed by atoms with Crippen molar-refractivity contribution in [3.05, 3.63) is 35.9 Å². The summed E-state index contributed by atoms with van der Waals surface area (Å²) in [6.07, 6.45) is 4.08. The quantitative estimate of drug-likeness (QED) is 0.392. The average Bonchev–Trinajstić information content (AvgIpc) is 2.79. The maximum absolute atomic E-state index is 13.3. The number of rotatable bonds is 10. The first-order chi connectivity index (χ1) is 16.6. The summed E-state index contributed by atoms with van der Waals surface area (Å²) in [6.45, 7) is 8.32. The van der Waals surface area contributed by atoms with Crippen molar-refractivity contribution in [1.29, 1.82) is 0 Å². The highest BCUT2D eigenvalue weighted by atomic mass is 16.6. The smallest absolute Gasteiger partial charge is 0.408 e. The zero-order valence-corrected chi connectivity index (χ0v) is 21.6. The van der Waals surface area contributed by atoms with Crippen molar-refractivity contribution in [2.75, 3.05) is 27.4 Å². The third-order valence-corrected chi connectivity index (χ3v) is 5.49. The number of ether oxygens (including phenoxy) is 4. The highest BCUT2D eigenvalue weighted by molar-refractivity contribution is 5.82. The number of nitrogens with one attached hydrogen (secondary N) is 1. The molecule has 1 aliphatic rings. The summed E-state index contributed by atoms with van der Waals surface area (Å²) in [6, 6.07) is 4.95. The molecule has 1 fully saturated rings. The van der Waals surface area contributed by atoms with Crippen LogP contribution < -0.4 is 14.8 Å². The van der Waals surface area contributed by atoms with Gasteiger partial charge in [-0.05, 0) is 59.1 Å². The number of methoxy groups -OCH3 is 2. The Bertz CT molecular complexity index is 907. The molecule has 9 heteroatoms. The molecule has 0 spiro atoms. The first-order valence-corrected chi connectivity index (χ1v) is 11.9. The molecule has 2 amide bonds. The number of hydrogen-bond acceptors (Lipinski definition) is 7. The van der Waals surface area contributed by atoms with Crippen LogP contribution in [0.5, 0.6) is 11.5 Å². The van der Waals surface area contributed by atoms with E-state index in [-0.39, 0.29) is 18.4 Å². The number of likely N-dealkylation sites (tertiary alicyclic amines) is 1. The largest absolute Gasteiger partial charge is 0.497 e. The molecule has 2 atom stereocenters. The van der Waals surface area contributed by atoms with Gasteiger partial charge in [-0.3, -0.25) is 4.79 Å². The number of esters is 1. The molecule has 1 heterocycles. The number of alkyl carbamates (subject to hydrolysis) is 1. The van der Waals surface area contributed by atoms with Crippen molar-refractivity contribution in [2.24, 2.45) is 5.92 Å². The van der Waals surface area contributed by atoms with E-state index in [4.69, 9.17) is 18.9 Å². The summed E-state index contributed by atoms with van der Waals surface area (Å²) in [5, 5.41) is 2.77. The van der Waals surface area contributed by atoms with Crippen LogP contribution in [0.2, 0.25) is 0 Å². The van der Waals surface area contributed by atoms with E-state index < -0.39 is 23.7 Å². The Kier molecular flexibility index (Phi) is 10.4. The van der Waals surface area contributed by atoms with Crippen molar-refractivity contribution in [3.8, 4) is 11.5 Å². The van der Waals surface area contributed by atoms with Crippen molar-refractivity contribution in [3.63, 3.8) is 0 Å². The summed E-state index contributed by atoms with van der Waals surface area (Å²) in [4.78, 5) is 39.4. The summed E-state index contributed by atoms with van der Waals surface area (Å²) in [5.41, 5.74) is 0.210. The normalized spacial score (nSPS) is 17.1. The van der Waals surface area contributed by atoms with Gasteiger partial charge in [0.1, 0.15) is 17.1 Å². The van der Waals surface area contributed by atoms with Crippen LogP contribution in [0.25, 0.3) is 0 Å². The van der Waals surface area contributed by atoms with Crippen LogP contribution in [0.1, 0.15) is 52.5 Å². The Hall–Kier alpha value is -3.23. The fourth-order valence-electron chi connectivity index (χ4n) is 3.92. The van der Waals surface area contributed by atoms with Gasteiger partial charge < -0.3 is 29.2 Å². The lowest BCUT2D eigenvalue weighted by molar-refractivity contribution is -0.139. The van der Waals surface area contributed by atoms with E-state index in [0.717, 1.165) is 12.0 Å². The molecule has 1 N–H and O–H groups in total. The van der Waals surface area contributed by atoms with Gasteiger partial charge in [0, 0.05) is 36.7 Å². The molecule has 1 aliphatic heterocycles. The van der Waals surface area contributed by atoms with Gasteiger partial charge in [0.2, 0.25) is 5.91 Å². The van der Waals surface area contributed by atoms with E-state index >= 15 is 0 Å². The predicted octanol–water partition coefficient (Wildman–Crippen LogP) is 3.85. The molecule has 0 aliphatic carbocycles. The molecule has 0 bridgehead atoms. The number of amides is 2. The summed E-state index contributed by atoms with van der Waals surface area (Å²) in [7, 11) is 3.17. The third-order valence-electron chi connectivity index (χ3n) is 5.49. The van der Waals surface area contributed by atoms with Crippen LogP contribution >= 0.6 is 0 Å². The summed E-state index contributed by atoms with van der Waals surface area (Å²) in [5.74, 6) is 0.500. The number of hydrogen-bond donors (Lipinski definition) is 1. The van der Waals surface area contributed by atoms with E-state index in [2.05, 4.69) is 5.32 Å². The van der Waals surface area contributed by atoms with E-state index in [1.807, 2.05) is 12.1 Å². The fourth-order valence-corrected chi connectivity index (χ4v) is 3.92. The molecule has 0 saturated carbocycles. The van der Waals surface area contributed by atoms with Gasteiger partial charge in [-0.15, -0.1) is 0 Å². The predicted molar refractivity (Wildman–Crippen MR) is 131 cm³/mol. The minimum Gasteiger partial charge on any atom is -0.497 e. The number of nitrogens with zero attached hydrogens (tertiary/aromatic N) is 1. The first-order valence-electron chi connectivity index (χ1n) is 11.9. The van der Waals surface area contributed by atoms with E-state index in [0.29, 0.717) is 37.4 Å². The lowest BCUT2D eigenvalue weighted by Crippen LogP contribution is -2.45. The lowest BCUT2D eigenvalue weighted by Gasteiger charge is -2.34. The zero-order valence-electron chi connectivity index (χ0n) is 21.6. The molecular weight excluding hydrogens is 452 g/mol. The standard InChI is InChI=1S/C26H38N2O7/c1-7-34-23(29)13-11-20(27-25(31)35-26(2,3)4)15-18-9-8-14-28(24(18)30)17-19-10-12-21(32-5)16-22(19)33-6/h10-13,16,18,20H,7-9,14-15,17H2,1-6H3,(H,27,31)/t18-,20+/m0/s1. The highest BCUT2D eigenvalue weighted by Crippen LogP contribution is 2.29. The van der Waals surface area contributed by atoms with Gasteiger partial charge in [-0.25, -0.2) is 9.59 Å². The molecule has 194 valence electrons. The molecule has 0 radical (unpaired) electrons. The van der Waals surface area contributed by atoms with E-state index in [1.165, 1.54) is 6.08 Å². The number of piperidine rings is 1. The molecule has 9 nitrogen and oxygen atoms in total. The molecule has 2 rings (SSSR count). The van der Waals surface area contributed by atoms with Crippen LogP contribution in [-0.4, -0.2) is 61.9 Å². The first kappa shape index (κ1) is 28.0. The van der Waals surface area contributed by atoms with Crippen molar-refractivity contribution >= 4 is 18.0 Å². The van der Waals surface area contributed by atoms with Gasteiger partial charge in [-0.2, -0.15) is 0 Å². The number of carbonyl (C=O) groups is 3. The Morgan fingerprint density at radius 1 is 1.23 bits per heavy atom. The molecule has 0 unspecified atom stereocenters. The Balaban J connectivity index is 2.14. The van der Waals surface area contributed by atoms with Gasteiger partial charge in [0.15, 0.2) is 0 Å². The second-order valence-electron chi connectivity index (χ2n) is 9.38. The second-order valence-corrected chi connectivity index (χ2v) is 9.38. The van der Waals surface area contributed by atoms with Crippen LogP contribution in [0.4, 0.5) is 4.79 Å². The van der Waals surface area contributed by atoms with Crippen molar-refractivity contribution in [2.45, 2.75) is 65.1 Å². The number of carbonyl (C=O) groups excluding carboxylic acids is 3.